The van der Waals surface area contributed by atoms with Gasteiger partial charge in [-0.25, -0.2) is 0 Å². The summed E-state index contributed by atoms with van der Waals surface area (Å²) in [6.45, 7) is 2.19. The lowest BCUT2D eigenvalue weighted by Crippen LogP contribution is -2.13. The first-order valence-electron chi connectivity index (χ1n) is 7.17. The molecule has 0 aliphatic carbocycles. The summed E-state index contributed by atoms with van der Waals surface area (Å²) in [4.78, 5) is 15.8. The van der Waals surface area contributed by atoms with Gasteiger partial charge in [0, 0.05) is 29.3 Å². The van der Waals surface area contributed by atoms with Gasteiger partial charge in [-0.1, -0.05) is 23.4 Å². The molecule has 0 unspecified atom stereocenters. The number of nitrogens with zero attached hydrogens (tertiary/aromatic N) is 2. The number of ether oxygens (including phenoxy) is 1. The van der Waals surface area contributed by atoms with E-state index in [1.807, 2.05) is 18.2 Å². The second-order valence-corrected chi connectivity index (χ2v) is 4.80. The Bertz CT molecular complexity index is 698. The quantitative estimate of drug-likeness (QED) is 0.280. The molecule has 0 aliphatic heterocycles. The minimum absolute atomic E-state index is 0.0641. The molecule has 6 heteroatoms. The number of hydrogen-bond donors (Lipinski definition) is 2. The molecule has 1 aromatic heterocycles. The monoisotopic (exact) mass is 301 g/mol. The van der Waals surface area contributed by atoms with Gasteiger partial charge >= 0.3 is 5.97 Å². The molecule has 2 aromatic rings. The number of aryl methyl sites for hydroxylation is 1. The summed E-state index contributed by atoms with van der Waals surface area (Å²) in [5.41, 5.74) is 7.25. The molecule has 0 saturated heterocycles. The molecule has 0 saturated carbocycles. The third-order valence-electron chi connectivity index (χ3n) is 3.37. The summed E-state index contributed by atoms with van der Waals surface area (Å²) in [6, 6.07) is 7.40. The van der Waals surface area contributed by atoms with Gasteiger partial charge in [0.15, 0.2) is 5.84 Å². The highest BCUT2D eigenvalue weighted by atomic mass is 16.5. The van der Waals surface area contributed by atoms with Crippen molar-refractivity contribution in [3.05, 3.63) is 41.7 Å². The lowest BCUT2D eigenvalue weighted by atomic mass is 10.0. The van der Waals surface area contributed by atoms with Gasteiger partial charge in [-0.2, -0.15) is 0 Å². The Labute approximate surface area is 128 Å². The van der Waals surface area contributed by atoms with Crippen molar-refractivity contribution >= 4 is 22.6 Å². The minimum Gasteiger partial charge on any atom is -0.466 e. The fraction of sp³-hybridized carbons (Fsp3) is 0.312. The Kier molecular flexibility index (Phi) is 5.30. The molecule has 0 spiro atoms. The van der Waals surface area contributed by atoms with Crippen LogP contribution in [-0.2, 0) is 16.0 Å². The van der Waals surface area contributed by atoms with E-state index < -0.39 is 0 Å². The number of aromatic nitrogens is 1. The SMILES string of the molecule is CCOC(=O)CCCc1nccc2c(/C(N)=N/O)cccc12. The van der Waals surface area contributed by atoms with Crippen LogP contribution in [0, 0.1) is 0 Å². The Morgan fingerprint density at radius 3 is 2.91 bits per heavy atom. The van der Waals surface area contributed by atoms with Crippen molar-refractivity contribution in [2.75, 3.05) is 6.61 Å². The zero-order valence-electron chi connectivity index (χ0n) is 12.5. The number of esters is 1. The van der Waals surface area contributed by atoms with E-state index in [9.17, 15) is 4.79 Å². The van der Waals surface area contributed by atoms with Crippen LogP contribution >= 0.6 is 0 Å². The van der Waals surface area contributed by atoms with Gasteiger partial charge in [0.05, 0.1) is 6.61 Å². The van der Waals surface area contributed by atoms with E-state index >= 15 is 0 Å². The predicted molar refractivity (Wildman–Crippen MR) is 83.8 cm³/mol. The van der Waals surface area contributed by atoms with Crippen molar-refractivity contribution in [3.63, 3.8) is 0 Å². The van der Waals surface area contributed by atoms with Gasteiger partial charge in [0.1, 0.15) is 0 Å². The van der Waals surface area contributed by atoms with E-state index in [0.717, 1.165) is 16.5 Å². The van der Waals surface area contributed by atoms with Gasteiger partial charge in [0.2, 0.25) is 0 Å². The van der Waals surface area contributed by atoms with Crippen LogP contribution < -0.4 is 5.73 Å². The Morgan fingerprint density at radius 2 is 2.18 bits per heavy atom. The Morgan fingerprint density at radius 1 is 1.36 bits per heavy atom. The first-order chi connectivity index (χ1) is 10.7. The second-order valence-electron chi connectivity index (χ2n) is 4.80. The molecular weight excluding hydrogens is 282 g/mol. The molecule has 2 rings (SSSR count). The number of rotatable bonds is 6. The predicted octanol–water partition coefficient (Wildman–Crippen LogP) is 2.22. The Hall–Kier alpha value is -2.63. The molecule has 1 heterocycles. The van der Waals surface area contributed by atoms with Crippen LogP contribution in [0.4, 0.5) is 0 Å². The number of pyridine rings is 1. The van der Waals surface area contributed by atoms with Gasteiger partial charge in [0.25, 0.3) is 0 Å². The average molecular weight is 301 g/mol. The first kappa shape index (κ1) is 15.8. The smallest absolute Gasteiger partial charge is 0.305 e. The van der Waals surface area contributed by atoms with Crippen LogP contribution in [0.25, 0.3) is 10.8 Å². The fourth-order valence-corrected chi connectivity index (χ4v) is 2.38. The number of benzene rings is 1. The summed E-state index contributed by atoms with van der Waals surface area (Å²) in [5, 5.41) is 13.7. The van der Waals surface area contributed by atoms with E-state index in [1.54, 1.807) is 19.2 Å². The molecule has 0 amide bonds. The zero-order chi connectivity index (χ0) is 15.9. The third kappa shape index (κ3) is 3.52. The molecule has 22 heavy (non-hydrogen) atoms. The molecular formula is C16H19N3O3. The van der Waals surface area contributed by atoms with E-state index in [4.69, 9.17) is 15.7 Å². The van der Waals surface area contributed by atoms with Crippen LogP contribution in [0.2, 0.25) is 0 Å². The number of carbonyl (C=O) groups excluding carboxylic acids is 1. The first-order valence-corrected chi connectivity index (χ1v) is 7.17. The van der Waals surface area contributed by atoms with E-state index in [1.165, 1.54) is 0 Å². The summed E-state index contributed by atoms with van der Waals surface area (Å²) < 4.78 is 4.91. The summed E-state index contributed by atoms with van der Waals surface area (Å²) >= 11 is 0. The van der Waals surface area contributed by atoms with Crippen LogP contribution in [0.1, 0.15) is 31.0 Å². The number of carbonyl (C=O) groups is 1. The molecule has 0 radical (unpaired) electrons. The highest BCUT2D eigenvalue weighted by Crippen LogP contribution is 2.22. The van der Waals surface area contributed by atoms with E-state index in [0.29, 0.717) is 31.4 Å². The molecule has 116 valence electrons. The maximum atomic E-state index is 11.4. The number of nitrogens with two attached hydrogens (primary N) is 1. The topological polar surface area (TPSA) is 97.8 Å². The maximum absolute atomic E-state index is 11.4. The van der Waals surface area contributed by atoms with Gasteiger partial charge in [-0.15, -0.1) is 0 Å². The zero-order valence-corrected chi connectivity index (χ0v) is 12.5. The molecule has 0 bridgehead atoms. The lowest BCUT2D eigenvalue weighted by molar-refractivity contribution is -0.143. The normalized spacial score (nSPS) is 11.6. The number of oxime groups is 1. The molecule has 0 fully saturated rings. The summed E-state index contributed by atoms with van der Waals surface area (Å²) in [5.74, 6) is -0.130. The summed E-state index contributed by atoms with van der Waals surface area (Å²) in [7, 11) is 0. The number of fused-ring (bicyclic) bond motifs is 1. The highest BCUT2D eigenvalue weighted by molar-refractivity contribution is 6.09. The maximum Gasteiger partial charge on any atom is 0.305 e. The van der Waals surface area contributed by atoms with Crippen LogP contribution in [0.15, 0.2) is 35.6 Å². The second kappa shape index (κ2) is 7.40. The van der Waals surface area contributed by atoms with E-state index in [2.05, 4.69) is 10.1 Å². The van der Waals surface area contributed by atoms with Crippen molar-refractivity contribution < 1.29 is 14.7 Å². The lowest BCUT2D eigenvalue weighted by Gasteiger charge is -2.09. The van der Waals surface area contributed by atoms with Crippen molar-refractivity contribution in [1.82, 2.24) is 4.98 Å². The van der Waals surface area contributed by atoms with Gasteiger partial charge in [-0.05, 0) is 31.2 Å². The number of amidine groups is 1. The van der Waals surface area contributed by atoms with Crippen LogP contribution in [0.3, 0.4) is 0 Å². The van der Waals surface area contributed by atoms with Crippen LogP contribution in [0.5, 0.6) is 0 Å². The molecule has 0 aliphatic rings. The average Bonchev–Trinajstić information content (AvgIpc) is 2.54. The molecule has 0 atom stereocenters. The van der Waals surface area contributed by atoms with Gasteiger partial charge < -0.3 is 15.7 Å². The van der Waals surface area contributed by atoms with Crippen molar-refractivity contribution in [2.24, 2.45) is 10.9 Å². The molecule has 1 aromatic carbocycles. The molecule has 6 nitrogen and oxygen atoms in total. The standard InChI is InChI=1S/C16H19N3O3/c1-2-22-15(20)8-4-7-14-12-5-3-6-13(16(17)19-21)11(12)9-10-18-14/h3,5-6,9-10,21H,2,4,7-8H2,1H3,(H2,17,19). The van der Waals surface area contributed by atoms with E-state index in [-0.39, 0.29) is 11.8 Å². The van der Waals surface area contributed by atoms with Gasteiger partial charge in [-0.3, -0.25) is 9.78 Å². The summed E-state index contributed by atoms with van der Waals surface area (Å²) in [6.07, 6.45) is 3.39. The third-order valence-corrected chi connectivity index (χ3v) is 3.37. The largest absolute Gasteiger partial charge is 0.466 e. The minimum atomic E-state index is -0.194. The fourth-order valence-electron chi connectivity index (χ4n) is 2.38. The van der Waals surface area contributed by atoms with Crippen molar-refractivity contribution in [1.29, 1.82) is 0 Å². The number of hydrogen-bond acceptors (Lipinski definition) is 5. The molecule has 3 N–H and O–H groups in total. The highest BCUT2D eigenvalue weighted by Gasteiger charge is 2.10. The Balaban J connectivity index is 2.23. The van der Waals surface area contributed by atoms with Crippen molar-refractivity contribution in [2.45, 2.75) is 26.2 Å². The van der Waals surface area contributed by atoms with Crippen LogP contribution in [-0.4, -0.2) is 28.6 Å². The van der Waals surface area contributed by atoms with Crippen molar-refractivity contribution in [3.8, 4) is 0 Å².